The van der Waals surface area contributed by atoms with Crippen LogP contribution in [0.3, 0.4) is 0 Å². The number of hydrogen-bond acceptors (Lipinski definition) is 7. The minimum absolute atomic E-state index is 0.0664. The normalized spacial score (nSPS) is 10.6. The summed E-state index contributed by atoms with van der Waals surface area (Å²) < 4.78 is 12.2. The van der Waals surface area contributed by atoms with Crippen LogP contribution < -0.4 is 14.8 Å². The van der Waals surface area contributed by atoms with Gasteiger partial charge in [0.05, 0.1) is 26.5 Å². The first-order valence-corrected chi connectivity index (χ1v) is 10.5. The third-order valence-corrected chi connectivity index (χ3v) is 5.67. The van der Waals surface area contributed by atoms with Gasteiger partial charge < -0.3 is 19.4 Å². The van der Waals surface area contributed by atoms with Gasteiger partial charge in [-0.25, -0.2) is 0 Å². The van der Waals surface area contributed by atoms with E-state index in [4.69, 9.17) is 9.47 Å². The van der Waals surface area contributed by atoms with Crippen molar-refractivity contribution in [3.05, 3.63) is 65.0 Å². The number of ether oxygens (including phenoxy) is 2. The third-order valence-electron chi connectivity index (χ3n) is 4.65. The number of hydrogen-bond donors (Lipinski definition) is 1. The van der Waals surface area contributed by atoms with Crippen LogP contribution in [0.5, 0.6) is 11.5 Å². The molecule has 0 spiro atoms. The molecule has 0 saturated carbocycles. The third kappa shape index (κ3) is 5.43. The molecule has 1 amide bonds. The molecule has 1 aromatic heterocycles. The fourth-order valence-corrected chi connectivity index (χ4v) is 3.72. The van der Waals surface area contributed by atoms with E-state index in [-0.39, 0.29) is 24.0 Å². The number of carbonyl (C=O) groups is 2. The fraction of sp³-hybridized carbons (Fsp3) is 0.273. The summed E-state index contributed by atoms with van der Waals surface area (Å²) in [6.45, 7) is 2.17. The molecular formula is C22H24N4O4S. The van der Waals surface area contributed by atoms with Crippen LogP contribution in [0.4, 0.5) is 0 Å². The number of thioether (sulfide) groups is 1. The molecular weight excluding hydrogens is 416 g/mol. The predicted molar refractivity (Wildman–Crippen MR) is 118 cm³/mol. The average Bonchev–Trinajstić information content (AvgIpc) is 3.14. The van der Waals surface area contributed by atoms with E-state index in [1.807, 2.05) is 25.1 Å². The molecule has 0 aliphatic heterocycles. The van der Waals surface area contributed by atoms with Crippen molar-refractivity contribution in [2.75, 3.05) is 20.0 Å². The minimum atomic E-state index is -0.176. The van der Waals surface area contributed by atoms with Gasteiger partial charge in [0.2, 0.25) is 0 Å². The van der Waals surface area contributed by atoms with Crippen molar-refractivity contribution in [1.29, 1.82) is 0 Å². The Balaban J connectivity index is 1.59. The van der Waals surface area contributed by atoms with Gasteiger partial charge in [0, 0.05) is 18.2 Å². The lowest BCUT2D eigenvalue weighted by atomic mass is 10.1. The highest BCUT2D eigenvalue weighted by Crippen LogP contribution is 2.28. The van der Waals surface area contributed by atoms with E-state index in [0.717, 1.165) is 5.56 Å². The molecule has 31 heavy (non-hydrogen) atoms. The summed E-state index contributed by atoms with van der Waals surface area (Å²) in [5, 5.41) is 11.7. The number of nitrogens with one attached hydrogen (secondary N) is 1. The van der Waals surface area contributed by atoms with Crippen molar-refractivity contribution in [3.8, 4) is 11.5 Å². The number of rotatable bonds is 9. The smallest absolute Gasteiger partial charge is 0.251 e. The quantitative estimate of drug-likeness (QED) is 0.404. The first kappa shape index (κ1) is 22.4. The highest BCUT2D eigenvalue weighted by Gasteiger charge is 2.15. The van der Waals surface area contributed by atoms with Crippen molar-refractivity contribution in [1.82, 2.24) is 20.1 Å². The van der Waals surface area contributed by atoms with Crippen LogP contribution in [0.2, 0.25) is 0 Å². The Morgan fingerprint density at radius 2 is 1.81 bits per heavy atom. The minimum Gasteiger partial charge on any atom is -0.493 e. The van der Waals surface area contributed by atoms with E-state index in [1.165, 1.54) is 18.9 Å². The number of Topliss-reactive ketones (excluding diaryl/α,β-unsaturated/α-hetero) is 1. The Labute approximate surface area is 185 Å². The van der Waals surface area contributed by atoms with E-state index >= 15 is 0 Å². The van der Waals surface area contributed by atoms with Gasteiger partial charge in [0.25, 0.3) is 5.91 Å². The number of benzene rings is 2. The van der Waals surface area contributed by atoms with Crippen LogP contribution in [0.1, 0.15) is 32.1 Å². The monoisotopic (exact) mass is 440 g/mol. The molecule has 162 valence electrons. The van der Waals surface area contributed by atoms with Crippen molar-refractivity contribution < 1.29 is 19.1 Å². The number of carbonyl (C=O) groups excluding carboxylic acids is 2. The number of methoxy groups -OCH3 is 2. The summed E-state index contributed by atoms with van der Waals surface area (Å²) >= 11 is 1.28. The van der Waals surface area contributed by atoms with E-state index in [2.05, 4.69) is 15.5 Å². The number of nitrogens with zero attached hydrogens (tertiary/aromatic N) is 3. The van der Waals surface area contributed by atoms with Crippen LogP contribution >= 0.6 is 11.8 Å². The second-order valence-electron chi connectivity index (χ2n) is 6.79. The zero-order chi connectivity index (χ0) is 22.4. The molecule has 0 radical (unpaired) electrons. The van der Waals surface area contributed by atoms with Crippen molar-refractivity contribution in [2.45, 2.75) is 18.6 Å². The van der Waals surface area contributed by atoms with Crippen LogP contribution in [-0.2, 0) is 13.6 Å². The maximum absolute atomic E-state index is 12.6. The van der Waals surface area contributed by atoms with Gasteiger partial charge in [-0.2, -0.15) is 0 Å². The van der Waals surface area contributed by atoms with Crippen LogP contribution in [0.25, 0.3) is 0 Å². The highest BCUT2D eigenvalue weighted by molar-refractivity contribution is 7.99. The van der Waals surface area contributed by atoms with E-state index in [0.29, 0.717) is 33.6 Å². The highest BCUT2D eigenvalue weighted by atomic mass is 32.2. The van der Waals surface area contributed by atoms with E-state index < -0.39 is 0 Å². The lowest BCUT2D eigenvalue weighted by Crippen LogP contribution is -2.24. The second kappa shape index (κ2) is 10.1. The summed E-state index contributed by atoms with van der Waals surface area (Å²) in [5.41, 5.74) is 2.14. The molecule has 3 rings (SSSR count). The Hall–Kier alpha value is -3.33. The Morgan fingerprint density at radius 1 is 1.03 bits per heavy atom. The SMILES string of the molecule is COc1ccc(C(=O)CSc2nnc(CNC(=O)c3cccc(C)c3)n2C)cc1OC. The average molecular weight is 441 g/mol. The van der Waals surface area contributed by atoms with Gasteiger partial charge in [-0.05, 0) is 37.3 Å². The molecule has 0 fully saturated rings. The maximum Gasteiger partial charge on any atom is 0.251 e. The van der Waals surface area contributed by atoms with Gasteiger partial charge >= 0.3 is 0 Å². The van der Waals surface area contributed by atoms with Crippen LogP contribution in [0.15, 0.2) is 47.6 Å². The molecule has 3 aromatic rings. The first-order chi connectivity index (χ1) is 14.9. The number of aromatic nitrogens is 3. The topological polar surface area (TPSA) is 95.3 Å². The van der Waals surface area contributed by atoms with E-state index in [1.54, 1.807) is 43.0 Å². The Bertz CT molecular complexity index is 1100. The maximum atomic E-state index is 12.6. The molecule has 0 unspecified atom stereocenters. The zero-order valence-electron chi connectivity index (χ0n) is 17.8. The van der Waals surface area contributed by atoms with Crippen molar-refractivity contribution >= 4 is 23.5 Å². The fourth-order valence-electron chi connectivity index (χ4n) is 2.90. The summed E-state index contributed by atoms with van der Waals surface area (Å²) in [5.74, 6) is 1.62. The van der Waals surface area contributed by atoms with E-state index in [9.17, 15) is 9.59 Å². The molecule has 1 N–H and O–H groups in total. The summed E-state index contributed by atoms with van der Waals surface area (Å²) in [6, 6.07) is 12.4. The number of ketones is 1. The molecule has 1 heterocycles. The lowest BCUT2D eigenvalue weighted by Gasteiger charge is -2.09. The lowest BCUT2D eigenvalue weighted by molar-refractivity contribution is 0.0948. The molecule has 0 aliphatic rings. The largest absolute Gasteiger partial charge is 0.493 e. The van der Waals surface area contributed by atoms with Crippen LogP contribution in [-0.4, -0.2) is 46.4 Å². The second-order valence-corrected chi connectivity index (χ2v) is 7.73. The molecule has 0 aliphatic carbocycles. The molecule has 2 aromatic carbocycles. The Kier molecular flexibility index (Phi) is 7.30. The summed E-state index contributed by atoms with van der Waals surface area (Å²) in [4.78, 5) is 24.9. The van der Waals surface area contributed by atoms with Gasteiger partial charge in [-0.1, -0.05) is 29.5 Å². The Morgan fingerprint density at radius 3 is 2.52 bits per heavy atom. The van der Waals surface area contributed by atoms with Crippen molar-refractivity contribution in [2.24, 2.45) is 7.05 Å². The first-order valence-electron chi connectivity index (χ1n) is 9.54. The van der Waals surface area contributed by atoms with Gasteiger partial charge in [0.1, 0.15) is 0 Å². The number of amides is 1. The molecule has 0 bridgehead atoms. The molecule has 9 heteroatoms. The van der Waals surface area contributed by atoms with Crippen molar-refractivity contribution in [3.63, 3.8) is 0 Å². The summed E-state index contributed by atoms with van der Waals surface area (Å²) in [6.07, 6.45) is 0. The standard InChI is InChI=1S/C22H24N4O4S/c1-14-6-5-7-16(10-14)21(28)23-12-20-24-25-22(26(20)2)31-13-17(27)15-8-9-18(29-3)19(11-15)30-4/h5-11H,12-13H2,1-4H3,(H,23,28). The predicted octanol–water partition coefficient (Wildman–Crippen LogP) is 3.05. The van der Waals surface area contributed by atoms with Crippen LogP contribution in [0, 0.1) is 6.92 Å². The van der Waals surface area contributed by atoms with Gasteiger partial charge in [0.15, 0.2) is 28.3 Å². The van der Waals surface area contributed by atoms with Gasteiger partial charge in [-0.3, -0.25) is 9.59 Å². The molecule has 0 saturated heterocycles. The molecule has 8 nitrogen and oxygen atoms in total. The zero-order valence-corrected chi connectivity index (χ0v) is 18.7. The molecule has 0 atom stereocenters. The summed E-state index contributed by atoms with van der Waals surface area (Å²) in [7, 11) is 4.88. The number of aryl methyl sites for hydroxylation is 1. The van der Waals surface area contributed by atoms with Gasteiger partial charge in [-0.15, -0.1) is 10.2 Å².